The standard InChI is InChI=1S/C11H17ClN4O/c1-2-3-4-7-14-11(17)10-8(12)5-6-9(15-10)16-13/h5-6H,2-4,7,13H2,1H3,(H,14,17)(H,15,16). The van der Waals surface area contributed by atoms with Crippen LogP contribution in [0, 0.1) is 0 Å². The molecule has 1 aromatic rings. The van der Waals surface area contributed by atoms with Gasteiger partial charge in [-0.15, -0.1) is 0 Å². The number of nitrogens with zero attached hydrogens (tertiary/aromatic N) is 1. The Hall–Kier alpha value is -1.33. The van der Waals surface area contributed by atoms with Crippen molar-refractivity contribution in [2.75, 3.05) is 12.0 Å². The second kappa shape index (κ2) is 7.09. The highest BCUT2D eigenvalue weighted by Gasteiger charge is 2.12. The fourth-order valence-corrected chi connectivity index (χ4v) is 1.53. The number of pyridine rings is 1. The first kappa shape index (κ1) is 13.7. The molecule has 0 aliphatic carbocycles. The summed E-state index contributed by atoms with van der Waals surface area (Å²) in [6, 6.07) is 3.20. The van der Waals surface area contributed by atoms with Gasteiger partial charge in [-0.05, 0) is 18.6 Å². The van der Waals surface area contributed by atoms with Gasteiger partial charge in [0.15, 0.2) is 0 Å². The average molecular weight is 257 g/mol. The van der Waals surface area contributed by atoms with E-state index in [1.165, 1.54) is 0 Å². The van der Waals surface area contributed by atoms with Gasteiger partial charge in [0.1, 0.15) is 11.5 Å². The predicted molar refractivity (Wildman–Crippen MR) is 68.9 cm³/mol. The highest BCUT2D eigenvalue weighted by molar-refractivity contribution is 6.33. The number of hydrogen-bond acceptors (Lipinski definition) is 4. The van der Waals surface area contributed by atoms with E-state index in [-0.39, 0.29) is 11.6 Å². The molecule has 6 heteroatoms. The van der Waals surface area contributed by atoms with Crippen LogP contribution >= 0.6 is 11.6 Å². The van der Waals surface area contributed by atoms with Crippen molar-refractivity contribution in [1.29, 1.82) is 0 Å². The molecule has 0 aliphatic heterocycles. The molecular formula is C11H17ClN4O. The molecule has 0 unspecified atom stereocenters. The van der Waals surface area contributed by atoms with Crippen LogP contribution in [0.2, 0.25) is 5.02 Å². The molecule has 0 saturated heterocycles. The van der Waals surface area contributed by atoms with Gasteiger partial charge in [-0.1, -0.05) is 31.4 Å². The summed E-state index contributed by atoms with van der Waals surface area (Å²) in [7, 11) is 0. The predicted octanol–water partition coefficient (Wildman–Crippen LogP) is 1.94. The van der Waals surface area contributed by atoms with Crippen molar-refractivity contribution >= 4 is 23.3 Å². The van der Waals surface area contributed by atoms with E-state index < -0.39 is 0 Å². The number of nitrogens with one attached hydrogen (secondary N) is 2. The molecular weight excluding hydrogens is 240 g/mol. The molecule has 0 atom stereocenters. The molecule has 0 spiro atoms. The number of rotatable bonds is 6. The molecule has 0 aromatic carbocycles. The minimum atomic E-state index is -0.275. The minimum Gasteiger partial charge on any atom is -0.351 e. The number of nitrogen functional groups attached to an aromatic ring is 1. The van der Waals surface area contributed by atoms with Gasteiger partial charge in [0.25, 0.3) is 5.91 Å². The Kier molecular flexibility index (Phi) is 5.72. The number of aromatic nitrogens is 1. The molecule has 17 heavy (non-hydrogen) atoms. The van der Waals surface area contributed by atoms with Crippen molar-refractivity contribution in [3.8, 4) is 0 Å². The van der Waals surface area contributed by atoms with Gasteiger partial charge in [-0.25, -0.2) is 10.8 Å². The lowest BCUT2D eigenvalue weighted by molar-refractivity contribution is 0.0948. The molecule has 0 bridgehead atoms. The number of carbonyl (C=O) groups excluding carboxylic acids is 1. The van der Waals surface area contributed by atoms with E-state index >= 15 is 0 Å². The molecule has 4 N–H and O–H groups in total. The van der Waals surface area contributed by atoms with E-state index in [1.807, 2.05) is 0 Å². The zero-order valence-corrected chi connectivity index (χ0v) is 10.5. The fraction of sp³-hybridized carbons (Fsp3) is 0.455. The molecule has 1 amide bonds. The topological polar surface area (TPSA) is 80.0 Å². The van der Waals surface area contributed by atoms with Gasteiger partial charge in [-0.2, -0.15) is 0 Å². The summed E-state index contributed by atoms with van der Waals surface area (Å²) in [4.78, 5) is 15.8. The van der Waals surface area contributed by atoms with Crippen molar-refractivity contribution in [2.24, 2.45) is 5.84 Å². The molecule has 0 fully saturated rings. The maximum Gasteiger partial charge on any atom is 0.271 e. The number of hydrogen-bond donors (Lipinski definition) is 3. The SMILES string of the molecule is CCCCCNC(=O)c1nc(NN)ccc1Cl. The zero-order valence-electron chi connectivity index (χ0n) is 9.79. The Labute approximate surface area is 106 Å². The molecule has 0 radical (unpaired) electrons. The Morgan fingerprint density at radius 1 is 1.47 bits per heavy atom. The van der Waals surface area contributed by atoms with E-state index in [2.05, 4.69) is 22.7 Å². The summed E-state index contributed by atoms with van der Waals surface area (Å²) >= 11 is 5.90. The molecule has 1 rings (SSSR count). The van der Waals surface area contributed by atoms with Crippen molar-refractivity contribution in [3.63, 3.8) is 0 Å². The van der Waals surface area contributed by atoms with Crippen LogP contribution in [-0.2, 0) is 0 Å². The number of hydrazine groups is 1. The summed E-state index contributed by atoms with van der Waals surface area (Å²) in [6.45, 7) is 2.74. The lowest BCUT2D eigenvalue weighted by atomic mass is 10.2. The van der Waals surface area contributed by atoms with Crippen LogP contribution in [0.3, 0.4) is 0 Å². The molecule has 5 nitrogen and oxygen atoms in total. The van der Waals surface area contributed by atoms with E-state index in [9.17, 15) is 4.79 Å². The molecule has 0 aliphatic rings. The van der Waals surface area contributed by atoms with Gasteiger partial charge in [0.05, 0.1) is 5.02 Å². The van der Waals surface area contributed by atoms with Gasteiger partial charge in [0, 0.05) is 6.54 Å². The maximum absolute atomic E-state index is 11.8. The number of nitrogens with two attached hydrogens (primary N) is 1. The van der Waals surface area contributed by atoms with E-state index in [1.54, 1.807) is 12.1 Å². The largest absolute Gasteiger partial charge is 0.351 e. The summed E-state index contributed by atoms with van der Waals surface area (Å²) in [5.74, 6) is 5.36. The number of carbonyl (C=O) groups is 1. The van der Waals surface area contributed by atoms with Crippen LogP contribution in [0.25, 0.3) is 0 Å². The fourth-order valence-electron chi connectivity index (χ4n) is 1.34. The summed E-state index contributed by atoms with van der Waals surface area (Å²) < 4.78 is 0. The summed E-state index contributed by atoms with van der Waals surface area (Å²) in [5, 5.41) is 3.09. The van der Waals surface area contributed by atoms with Crippen molar-refractivity contribution in [3.05, 3.63) is 22.8 Å². The number of anilines is 1. The first-order valence-electron chi connectivity index (χ1n) is 5.60. The number of halogens is 1. The first-order chi connectivity index (χ1) is 8.19. The van der Waals surface area contributed by atoms with Crippen molar-refractivity contribution in [1.82, 2.24) is 10.3 Å². The lowest BCUT2D eigenvalue weighted by Crippen LogP contribution is -2.26. The van der Waals surface area contributed by atoms with Crippen LogP contribution in [0.4, 0.5) is 5.82 Å². The molecule has 1 aromatic heterocycles. The third-order valence-corrected chi connectivity index (χ3v) is 2.58. The number of unbranched alkanes of at least 4 members (excludes halogenated alkanes) is 2. The second-order valence-corrected chi connectivity index (χ2v) is 4.04. The van der Waals surface area contributed by atoms with Crippen LogP contribution < -0.4 is 16.6 Å². The van der Waals surface area contributed by atoms with Gasteiger partial charge < -0.3 is 10.7 Å². The Morgan fingerprint density at radius 3 is 2.88 bits per heavy atom. The van der Waals surface area contributed by atoms with Crippen LogP contribution in [0.1, 0.15) is 36.7 Å². The second-order valence-electron chi connectivity index (χ2n) is 3.63. The molecule has 0 saturated carbocycles. The third kappa shape index (κ3) is 4.20. The van der Waals surface area contributed by atoms with Crippen LogP contribution in [0.5, 0.6) is 0 Å². The average Bonchev–Trinajstić information content (AvgIpc) is 2.35. The summed E-state index contributed by atoms with van der Waals surface area (Å²) in [6.07, 6.45) is 3.15. The quantitative estimate of drug-likeness (QED) is 0.413. The normalized spacial score (nSPS) is 10.1. The first-order valence-corrected chi connectivity index (χ1v) is 5.98. The van der Waals surface area contributed by atoms with Gasteiger partial charge in [-0.3, -0.25) is 4.79 Å². The van der Waals surface area contributed by atoms with Gasteiger partial charge >= 0.3 is 0 Å². The Morgan fingerprint density at radius 2 is 2.24 bits per heavy atom. The van der Waals surface area contributed by atoms with Crippen LogP contribution in [0.15, 0.2) is 12.1 Å². The minimum absolute atomic E-state index is 0.193. The molecule has 94 valence electrons. The maximum atomic E-state index is 11.8. The monoisotopic (exact) mass is 256 g/mol. The zero-order chi connectivity index (χ0) is 12.7. The van der Waals surface area contributed by atoms with E-state index in [0.29, 0.717) is 17.4 Å². The van der Waals surface area contributed by atoms with E-state index in [4.69, 9.17) is 17.4 Å². The molecule has 1 heterocycles. The number of amides is 1. The smallest absolute Gasteiger partial charge is 0.271 e. The lowest BCUT2D eigenvalue weighted by Gasteiger charge is -2.07. The van der Waals surface area contributed by atoms with Gasteiger partial charge in [0.2, 0.25) is 0 Å². The van der Waals surface area contributed by atoms with Crippen LogP contribution in [-0.4, -0.2) is 17.4 Å². The Balaban J connectivity index is 2.61. The highest BCUT2D eigenvalue weighted by Crippen LogP contribution is 2.15. The summed E-state index contributed by atoms with van der Waals surface area (Å²) in [5.41, 5.74) is 2.57. The van der Waals surface area contributed by atoms with E-state index in [0.717, 1.165) is 19.3 Å². The van der Waals surface area contributed by atoms with Crippen molar-refractivity contribution in [2.45, 2.75) is 26.2 Å². The van der Waals surface area contributed by atoms with Crippen molar-refractivity contribution < 1.29 is 4.79 Å². The third-order valence-electron chi connectivity index (χ3n) is 2.27. The highest BCUT2D eigenvalue weighted by atomic mass is 35.5. The Bertz CT molecular complexity index is 384.